The fourth-order valence-electron chi connectivity index (χ4n) is 16.1. The summed E-state index contributed by atoms with van der Waals surface area (Å²) in [5.41, 5.74) is -1.46. The molecule has 9 aliphatic rings. The summed E-state index contributed by atoms with van der Waals surface area (Å²) < 4.78 is 47.0. The van der Waals surface area contributed by atoms with E-state index in [1.165, 1.54) is 12.5 Å². The number of ether oxygens (including phenoxy) is 8. The summed E-state index contributed by atoms with van der Waals surface area (Å²) in [6.45, 7) is 13.2. The van der Waals surface area contributed by atoms with E-state index in [-0.39, 0.29) is 52.6 Å². The van der Waals surface area contributed by atoms with Crippen molar-refractivity contribution in [3.63, 3.8) is 0 Å². The first-order valence-electron chi connectivity index (χ1n) is 27.3. The Kier molecular flexibility index (Phi) is 16.3. The fourth-order valence-corrected chi connectivity index (χ4v) is 16.1. The van der Waals surface area contributed by atoms with Crippen molar-refractivity contribution in [2.45, 2.75) is 235 Å². The Balaban J connectivity index is 0.898. The molecule has 4 heterocycles. The van der Waals surface area contributed by atoms with Crippen molar-refractivity contribution < 1.29 is 109 Å². The number of esters is 1. The van der Waals surface area contributed by atoms with Crippen LogP contribution in [0.5, 0.6) is 0 Å². The topological polar surface area (TPSA) is 354 Å². The van der Waals surface area contributed by atoms with E-state index in [1.807, 2.05) is 6.92 Å². The molecule has 430 valence electrons. The number of allylic oxidation sites excluding steroid dienone is 2. The minimum atomic E-state index is -1.87. The fraction of sp³-hybridized carbons (Fsp3) is 0.943. The van der Waals surface area contributed by atoms with Crippen LogP contribution in [0.4, 0.5) is 0 Å². The summed E-state index contributed by atoms with van der Waals surface area (Å²) in [6.07, 6.45) is -21.1. The highest BCUT2D eigenvalue weighted by Crippen LogP contribution is 2.76. The molecule has 0 spiro atoms. The molecule has 0 radical (unpaired) electrons. The number of aliphatic hydroxyl groups is 13. The third-order valence-electron chi connectivity index (χ3n) is 21.1. The summed E-state index contributed by atoms with van der Waals surface area (Å²) in [5, 5.41) is 139. The van der Waals surface area contributed by atoms with Gasteiger partial charge in [0.25, 0.3) is 0 Å². The smallest absolute Gasteiger partial charge is 0.315 e. The molecule has 8 fully saturated rings. The molecule has 0 aromatic carbocycles. The second kappa shape index (κ2) is 21.1. The Bertz CT molecular complexity index is 2060. The minimum Gasteiger partial charge on any atom is -0.432 e. The maximum Gasteiger partial charge on any atom is 0.315 e. The summed E-state index contributed by atoms with van der Waals surface area (Å²) in [7, 11) is 0. The molecule has 4 saturated heterocycles. The van der Waals surface area contributed by atoms with Crippen LogP contribution in [-0.2, 0) is 42.7 Å². The largest absolute Gasteiger partial charge is 0.432 e. The van der Waals surface area contributed by atoms with E-state index in [2.05, 4.69) is 40.7 Å². The maximum atomic E-state index is 15.1. The van der Waals surface area contributed by atoms with Gasteiger partial charge < -0.3 is 104 Å². The summed E-state index contributed by atoms with van der Waals surface area (Å²) in [4.78, 5) is 15.1. The van der Waals surface area contributed by atoms with Gasteiger partial charge >= 0.3 is 5.97 Å². The zero-order chi connectivity index (χ0) is 54.7. The van der Waals surface area contributed by atoms with Crippen LogP contribution >= 0.6 is 0 Å². The number of fused-ring (bicyclic) bond motifs is 7. The molecule has 13 N–H and O–H groups in total. The Labute approximate surface area is 437 Å². The van der Waals surface area contributed by atoms with Crippen LogP contribution in [0.25, 0.3) is 0 Å². The lowest BCUT2D eigenvalue weighted by atomic mass is 9.33. The van der Waals surface area contributed by atoms with Crippen LogP contribution in [0.2, 0.25) is 0 Å². The molecule has 5 aliphatic carbocycles. The zero-order valence-electron chi connectivity index (χ0n) is 44.2. The molecule has 0 aromatic heterocycles. The lowest BCUT2D eigenvalue weighted by Gasteiger charge is -2.71. The predicted molar refractivity (Wildman–Crippen MR) is 257 cm³/mol. The van der Waals surface area contributed by atoms with Gasteiger partial charge in [0.2, 0.25) is 6.29 Å². The highest BCUT2D eigenvalue weighted by atomic mass is 16.8. The van der Waals surface area contributed by atoms with Gasteiger partial charge in [0.05, 0.1) is 44.1 Å². The summed E-state index contributed by atoms with van der Waals surface area (Å²) >= 11 is 0. The Hall–Kier alpha value is -1.59. The van der Waals surface area contributed by atoms with Gasteiger partial charge in [0.1, 0.15) is 85.5 Å². The van der Waals surface area contributed by atoms with Crippen molar-refractivity contribution in [3.8, 4) is 0 Å². The normalized spacial score (nSPS) is 54.8. The molecular formula is C53H86O22. The molecule has 28 atom stereocenters. The number of carbonyl (C=O) groups excluding carboxylic acids is 1. The third-order valence-corrected chi connectivity index (χ3v) is 21.1. The molecule has 4 saturated carbocycles. The van der Waals surface area contributed by atoms with E-state index in [0.717, 1.165) is 25.7 Å². The first-order chi connectivity index (χ1) is 35.1. The summed E-state index contributed by atoms with van der Waals surface area (Å²) in [6, 6.07) is 0. The van der Waals surface area contributed by atoms with Gasteiger partial charge in [-0.25, -0.2) is 0 Å². The average Bonchev–Trinajstić information content (AvgIpc) is 3.37. The zero-order valence-corrected chi connectivity index (χ0v) is 44.2. The van der Waals surface area contributed by atoms with E-state index in [1.54, 1.807) is 0 Å². The number of aliphatic hydroxyl groups excluding tert-OH is 13. The van der Waals surface area contributed by atoms with Crippen LogP contribution in [0.1, 0.15) is 113 Å². The number of rotatable bonds is 11. The van der Waals surface area contributed by atoms with Crippen LogP contribution in [0, 0.1) is 50.2 Å². The maximum absolute atomic E-state index is 15.1. The molecule has 0 amide bonds. The predicted octanol–water partition coefficient (Wildman–Crippen LogP) is -1.40. The summed E-state index contributed by atoms with van der Waals surface area (Å²) in [5.74, 6) is -0.615. The van der Waals surface area contributed by atoms with Crippen molar-refractivity contribution in [3.05, 3.63) is 11.6 Å². The first-order valence-corrected chi connectivity index (χ1v) is 27.3. The van der Waals surface area contributed by atoms with Gasteiger partial charge in [-0.3, -0.25) is 4.79 Å². The van der Waals surface area contributed by atoms with Gasteiger partial charge in [-0.1, -0.05) is 53.2 Å². The molecule has 0 aromatic rings. The number of hydrogen-bond donors (Lipinski definition) is 13. The van der Waals surface area contributed by atoms with Crippen LogP contribution < -0.4 is 0 Å². The van der Waals surface area contributed by atoms with E-state index in [0.29, 0.717) is 38.5 Å². The van der Waals surface area contributed by atoms with Gasteiger partial charge in [0, 0.05) is 5.41 Å². The standard InChI is InChI=1S/C53H86O22/c1-23-32(57)35(60)39(64)45(70-23)74-42-27(19-54)71-43(41(66)37(42)62)69-21-28-34(59)36(61)40(65)46(72-28)75-47(67)53-16-14-48(2,3)18-25(53)24-8-9-30-49(4)12-11-31(73-44-38(63)33(58)26(56)20-68-44)50(5,22-55)29(49)10-13-52(30,7)51(24,6)15-17-53/h8,23,25-46,54-66H,9-22H2,1-7H3/t23-,25-,26+,27+,28+,29+,30+,31-,32-,33+,34+,35+,36-,37+,38+,39+,40+,41+,42+,43+,44-,45-,46-,49-,50-,51+,52+,53-/m0/s1. The van der Waals surface area contributed by atoms with E-state index >= 15 is 4.79 Å². The molecule has 4 aliphatic heterocycles. The Morgan fingerprint density at radius 3 is 1.97 bits per heavy atom. The molecular weight excluding hydrogens is 989 g/mol. The Morgan fingerprint density at radius 1 is 0.640 bits per heavy atom. The lowest BCUT2D eigenvalue weighted by molar-refractivity contribution is -0.361. The molecule has 0 unspecified atom stereocenters. The monoisotopic (exact) mass is 1070 g/mol. The van der Waals surface area contributed by atoms with E-state index in [9.17, 15) is 66.4 Å². The van der Waals surface area contributed by atoms with Gasteiger partial charge in [0.15, 0.2) is 18.9 Å². The molecule has 0 bridgehead atoms. The van der Waals surface area contributed by atoms with Gasteiger partial charge in [-0.05, 0) is 111 Å². The Morgan fingerprint density at radius 2 is 1.28 bits per heavy atom. The second-order valence-electron chi connectivity index (χ2n) is 25.7. The van der Waals surface area contributed by atoms with E-state index in [4.69, 9.17) is 37.9 Å². The van der Waals surface area contributed by atoms with Crippen molar-refractivity contribution in [1.29, 1.82) is 0 Å². The van der Waals surface area contributed by atoms with Crippen LogP contribution in [0.15, 0.2) is 11.6 Å². The SMILES string of the molecule is C[C@@H]1O[C@@H](O[C@H]2[C@H](O)[C@@H](O)[C@H](OC[C@H]3O[C@@H](OC(=O)[C@]45CCC(C)(C)C[C@H]4C4=CC[C@@H]6[C@@]7(C)CC[C@H](O[C@@H]8OC[C@@H](O)[C@@H](O)[C@H]8O)[C@@](C)(CO)[C@@H]7CC[C@@]6(C)[C@]4(C)CC5)[C@H](O)[C@@H](O)[C@@H]3O)O[C@@H]2CO)[C@H](O)[C@H](O)[C@H]1O. The van der Waals surface area contributed by atoms with Crippen molar-refractivity contribution >= 4 is 5.97 Å². The molecule has 22 nitrogen and oxygen atoms in total. The van der Waals surface area contributed by atoms with Crippen LogP contribution in [0.3, 0.4) is 0 Å². The molecule has 75 heavy (non-hydrogen) atoms. The first kappa shape index (κ1) is 58.1. The molecule has 22 heteroatoms. The van der Waals surface area contributed by atoms with Crippen molar-refractivity contribution in [1.82, 2.24) is 0 Å². The van der Waals surface area contributed by atoms with Gasteiger partial charge in [-0.2, -0.15) is 0 Å². The highest BCUT2D eigenvalue weighted by molar-refractivity contribution is 5.79. The third kappa shape index (κ3) is 9.50. The number of hydrogen-bond acceptors (Lipinski definition) is 22. The average molecular weight is 1080 g/mol. The quantitative estimate of drug-likeness (QED) is 0.0643. The van der Waals surface area contributed by atoms with E-state index < -0.39 is 153 Å². The lowest BCUT2D eigenvalue weighted by Crippen LogP contribution is -2.67. The highest BCUT2D eigenvalue weighted by Gasteiger charge is 2.70. The number of carbonyl (C=O) groups is 1. The molecule has 9 rings (SSSR count). The van der Waals surface area contributed by atoms with Crippen molar-refractivity contribution in [2.24, 2.45) is 50.2 Å². The van der Waals surface area contributed by atoms with Crippen molar-refractivity contribution in [2.75, 3.05) is 26.4 Å². The second-order valence-corrected chi connectivity index (χ2v) is 25.7. The minimum absolute atomic E-state index is 0.0319. The van der Waals surface area contributed by atoms with Gasteiger partial charge in [-0.15, -0.1) is 0 Å². The van der Waals surface area contributed by atoms with Crippen LogP contribution in [-0.4, -0.2) is 222 Å².